The summed E-state index contributed by atoms with van der Waals surface area (Å²) < 4.78 is 4.80. The molecule has 0 aliphatic rings. The second-order valence-corrected chi connectivity index (χ2v) is 3.26. The van der Waals surface area contributed by atoms with Crippen LogP contribution in [0.15, 0.2) is 24.3 Å². The summed E-state index contributed by atoms with van der Waals surface area (Å²) in [4.78, 5) is 22.0. The van der Waals surface area contributed by atoms with Crippen molar-refractivity contribution in [2.24, 2.45) is 0 Å². The molecule has 6 nitrogen and oxygen atoms in total. The summed E-state index contributed by atoms with van der Waals surface area (Å²) in [7, 11) is 1.55. The summed E-state index contributed by atoms with van der Waals surface area (Å²) >= 11 is 0. The average Bonchev–Trinajstić information content (AvgIpc) is 2.28. The number of nitrogens with one attached hydrogen (secondary N) is 2. The fraction of sp³-hybridized carbons (Fsp3) is 0.273. The van der Waals surface area contributed by atoms with Crippen molar-refractivity contribution < 1.29 is 19.4 Å². The van der Waals surface area contributed by atoms with E-state index in [1.807, 2.05) is 0 Å². The molecule has 0 fully saturated rings. The standard InChI is InChI=1S/C11H14N2O4/c1-17-6-5-12-10(14)8-3-2-4-9(7-8)13-11(15)16/h2-4,7,13H,5-6H2,1H3,(H,12,14)(H,15,16). The first-order chi connectivity index (χ1) is 8.13. The molecule has 17 heavy (non-hydrogen) atoms. The number of ether oxygens (including phenoxy) is 1. The van der Waals surface area contributed by atoms with E-state index in [9.17, 15) is 9.59 Å². The molecule has 0 spiro atoms. The van der Waals surface area contributed by atoms with Crippen LogP contribution < -0.4 is 10.6 Å². The number of hydrogen-bond donors (Lipinski definition) is 3. The highest BCUT2D eigenvalue weighted by Crippen LogP contribution is 2.10. The van der Waals surface area contributed by atoms with Crippen LogP contribution in [0.4, 0.5) is 10.5 Å². The molecule has 0 saturated carbocycles. The molecule has 1 aromatic rings. The summed E-state index contributed by atoms with van der Waals surface area (Å²) in [6, 6.07) is 6.25. The van der Waals surface area contributed by atoms with E-state index >= 15 is 0 Å². The van der Waals surface area contributed by atoms with Crippen LogP contribution in [0, 0.1) is 0 Å². The zero-order valence-corrected chi connectivity index (χ0v) is 9.40. The molecule has 0 unspecified atom stereocenters. The van der Waals surface area contributed by atoms with Gasteiger partial charge in [-0.15, -0.1) is 0 Å². The van der Waals surface area contributed by atoms with E-state index in [0.717, 1.165) is 0 Å². The first-order valence-electron chi connectivity index (χ1n) is 5.00. The van der Waals surface area contributed by atoms with Gasteiger partial charge in [-0.25, -0.2) is 4.79 Å². The summed E-state index contributed by atoms with van der Waals surface area (Å²) in [5.41, 5.74) is 0.754. The van der Waals surface area contributed by atoms with Gasteiger partial charge in [-0.05, 0) is 18.2 Å². The maximum absolute atomic E-state index is 11.6. The third-order valence-corrected chi connectivity index (χ3v) is 1.97. The predicted molar refractivity (Wildman–Crippen MR) is 62.3 cm³/mol. The number of carboxylic acid groups (broad SMARTS) is 1. The zero-order chi connectivity index (χ0) is 12.7. The van der Waals surface area contributed by atoms with Crippen molar-refractivity contribution in [3.05, 3.63) is 29.8 Å². The molecule has 0 heterocycles. The van der Waals surface area contributed by atoms with E-state index in [1.54, 1.807) is 25.3 Å². The van der Waals surface area contributed by atoms with Gasteiger partial charge in [0, 0.05) is 24.9 Å². The molecule has 0 atom stereocenters. The van der Waals surface area contributed by atoms with Crippen LogP contribution in [0.25, 0.3) is 0 Å². The van der Waals surface area contributed by atoms with Crippen LogP contribution in [-0.2, 0) is 4.74 Å². The van der Waals surface area contributed by atoms with E-state index in [2.05, 4.69) is 10.6 Å². The summed E-state index contributed by atoms with van der Waals surface area (Å²) in [5, 5.41) is 13.4. The lowest BCUT2D eigenvalue weighted by Gasteiger charge is -2.06. The van der Waals surface area contributed by atoms with Gasteiger partial charge < -0.3 is 15.2 Å². The highest BCUT2D eigenvalue weighted by molar-refractivity contribution is 5.96. The molecule has 0 radical (unpaired) electrons. The summed E-state index contributed by atoms with van der Waals surface area (Å²) in [5.74, 6) is -0.268. The molecule has 0 aliphatic heterocycles. The second-order valence-electron chi connectivity index (χ2n) is 3.26. The van der Waals surface area contributed by atoms with Gasteiger partial charge in [-0.3, -0.25) is 10.1 Å². The van der Waals surface area contributed by atoms with Gasteiger partial charge in [0.1, 0.15) is 0 Å². The van der Waals surface area contributed by atoms with Crippen molar-refractivity contribution in [1.29, 1.82) is 0 Å². The minimum atomic E-state index is -1.16. The van der Waals surface area contributed by atoms with E-state index in [-0.39, 0.29) is 5.91 Å². The lowest BCUT2D eigenvalue weighted by atomic mass is 10.2. The maximum Gasteiger partial charge on any atom is 0.409 e. The quantitative estimate of drug-likeness (QED) is 0.671. The van der Waals surface area contributed by atoms with Crippen LogP contribution in [-0.4, -0.2) is 37.4 Å². The number of carbonyl (C=O) groups excluding carboxylic acids is 1. The van der Waals surface area contributed by atoms with E-state index in [1.165, 1.54) is 6.07 Å². The Morgan fingerprint density at radius 1 is 1.41 bits per heavy atom. The van der Waals surface area contributed by atoms with Crippen LogP contribution in [0.3, 0.4) is 0 Å². The van der Waals surface area contributed by atoms with Gasteiger partial charge >= 0.3 is 6.09 Å². The van der Waals surface area contributed by atoms with Gasteiger partial charge in [0.2, 0.25) is 0 Å². The SMILES string of the molecule is COCCNC(=O)c1cccc(NC(=O)O)c1. The van der Waals surface area contributed by atoms with Crippen LogP contribution >= 0.6 is 0 Å². The molecule has 1 aromatic carbocycles. The lowest BCUT2D eigenvalue weighted by Crippen LogP contribution is -2.27. The van der Waals surface area contributed by atoms with Gasteiger partial charge in [0.25, 0.3) is 5.91 Å². The molecule has 0 saturated heterocycles. The topological polar surface area (TPSA) is 87.7 Å². The Kier molecular flexibility index (Phi) is 4.96. The first-order valence-corrected chi connectivity index (χ1v) is 5.00. The highest BCUT2D eigenvalue weighted by atomic mass is 16.5. The largest absolute Gasteiger partial charge is 0.465 e. The van der Waals surface area contributed by atoms with Crippen LogP contribution in [0.2, 0.25) is 0 Å². The minimum Gasteiger partial charge on any atom is -0.465 e. The molecule has 2 amide bonds. The molecule has 0 aromatic heterocycles. The predicted octanol–water partition coefficient (Wildman–Crippen LogP) is 1.15. The summed E-state index contributed by atoms with van der Waals surface area (Å²) in [6.45, 7) is 0.838. The zero-order valence-electron chi connectivity index (χ0n) is 9.40. The van der Waals surface area contributed by atoms with E-state index in [4.69, 9.17) is 9.84 Å². The summed E-state index contributed by atoms with van der Waals surface area (Å²) in [6.07, 6.45) is -1.16. The molecule has 1 rings (SSSR count). The number of hydrogen-bond acceptors (Lipinski definition) is 3. The average molecular weight is 238 g/mol. The third kappa shape index (κ3) is 4.52. The fourth-order valence-electron chi connectivity index (χ4n) is 1.23. The molecule has 0 aliphatic carbocycles. The first kappa shape index (κ1) is 13.0. The fourth-order valence-corrected chi connectivity index (χ4v) is 1.23. The van der Waals surface area contributed by atoms with Gasteiger partial charge in [0.05, 0.1) is 6.61 Å². The number of carbonyl (C=O) groups is 2. The highest BCUT2D eigenvalue weighted by Gasteiger charge is 2.06. The minimum absolute atomic E-state index is 0.268. The van der Waals surface area contributed by atoms with Crippen molar-refractivity contribution in [2.75, 3.05) is 25.6 Å². The molecular formula is C11H14N2O4. The van der Waals surface area contributed by atoms with Crippen LogP contribution in [0.1, 0.15) is 10.4 Å². The number of benzene rings is 1. The number of anilines is 1. The number of rotatable bonds is 5. The monoisotopic (exact) mass is 238 g/mol. The molecule has 0 bridgehead atoms. The van der Waals surface area contributed by atoms with E-state index < -0.39 is 6.09 Å². The molecule has 6 heteroatoms. The lowest BCUT2D eigenvalue weighted by molar-refractivity contribution is 0.0937. The Morgan fingerprint density at radius 3 is 2.82 bits per heavy atom. The normalized spacial score (nSPS) is 9.71. The van der Waals surface area contributed by atoms with Crippen LogP contribution in [0.5, 0.6) is 0 Å². The van der Waals surface area contributed by atoms with Crippen molar-refractivity contribution in [3.8, 4) is 0 Å². The Hall–Kier alpha value is -2.08. The van der Waals surface area contributed by atoms with Crippen molar-refractivity contribution in [3.63, 3.8) is 0 Å². The Balaban J connectivity index is 2.63. The molecule has 3 N–H and O–H groups in total. The second kappa shape index (κ2) is 6.49. The third-order valence-electron chi connectivity index (χ3n) is 1.97. The van der Waals surface area contributed by atoms with Crippen molar-refractivity contribution >= 4 is 17.7 Å². The smallest absolute Gasteiger partial charge is 0.409 e. The Morgan fingerprint density at radius 2 is 2.18 bits per heavy atom. The van der Waals surface area contributed by atoms with Gasteiger partial charge in [0.15, 0.2) is 0 Å². The molecule has 92 valence electrons. The molecular weight excluding hydrogens is 224 g/mol. The van der Waals surface area contributed by atoms with E-state index in [0.29, 0.717) is 24.4 Å². The number of methoxy groups -OCH3 is 1. The Bertz CT molecular complexity index is 406. The van der Waals surface area contributed by atoms with Crippen molar-refractivity contribution in [2.45, 2.75) is 0 Å². The maximum atomic E-state index is 11.6. The van der Waals surface area contributed by atoms with Gasteiger partial charge in [-0.2, -0.15) is 0 Å². The number of amides is 2. The van der Waals surface area contributed by atoms with Crippen molar-refractivity contribution in [1.82, 2.24) is 5.32 Å². The van der Waals surface area contributed by atoms with Gasteiger partial charge in [-0.1, -0.05) is 6.07 Å². The Labute approximate surface area is 98.6 Å².